The fourth-order valence-corrected chi connectivity index (χ4v) is 3.54. The van der Waals surface area contributed by atoms with Crippen molar-refractivity contribution in [2.45, 2.75) is 42.4 Å². The van der Waals surface area contributed by atoms with Crippen LogP contribution in [-0.4, -0.2) is 77.1 Å². The minimum Gasteiger partial charge on any atom is -0.450 e. The summed E-state index contributed by atoms with van der Waals surface area (Å²) in [6, 6.07) is -0.982. The lowest BCUT2D eigenvalue weighted by molar-refractivity contribution is -0.225. The molecule has 0 spiro atoms. The quantitative estimate of drug-likeness (QED) is 0.457. The molecule has 0 bridgehead atoms. The van der Waals surface area contributed by atoms with Gasteiger partial charge in [0.15, 0.2) is 11.3 Å². The number of ether oxygens (including phenoxy) is 2. The third-order valence-corrected chi connectivity index (χ3v) is 4.53. The number of carbonyl (C=O) groups is 1. The number of aliphatic hydroxyl groups excluding tert-OH is 2. The smallest absolute Gasteiger partial charge is 0.450 e. The van der Waals surface area contributed by atoms with Gasteiger partial charge in [-0.25, -0.2) is 9.18 Å². The number of nitrogens with zero attached hydrogens (tertiary/aromatic N) is 1. The van der Waals surface area contributed by atoms with Crippen LogP contribution in [0.25, 0.3) is 0 Å². The van der Waals surface area contributed by atoms with Gasteiger partial charge in [-0.2, -0.15) is 13.2 Å². The third-order valence-electron chi connectivity index (χ3n) is 3.42. The van der Waals surface area contributed by atoms with Crippen LogP contribution in [0, 0.1) is 0 Å². The first-order valence-corrected chi connectivity index (χ1v) is 7.91. The van der Waals surface area contributed by atoms with Gasteiger partial charge in [-0.3, -0.25) is 4.99 Å². The molecule has 2 fully saturated rings. The number of hydrogen-bond acceptors (Lipinski definition) is 7. The molecule has 0 aliphatic carbocycles. The Morgan fingerprint density at radius 2 is 2.17 bits per heavy atom. The number of carbonyl (C=O) groups excluding carboxylic acids is 1. The number of amidine groups is 1. The summed E-state index contributed by atoms with van der Waals surface area (Å²) in [5, 5.41) is 22.0. The summed E-state index contributed by atoms with van der Waals surface area (Å²) < 4.78 is 59.5. The maximum absolute atomic E-state index is 12.4. The second kappa shape index (κ2) is 7.85. The number of aliphatic hydroxyl groups is 2. The third kappa shape index (κ3) is 4.29. The largest absolute Gasteiger partial charge is 0.490 e. The van der Waals surface area contributed by atoms with Crippen LogP contribution < -0.4 is 5.32 Å². The van der Waals surface area contributed by atoms with Crippen LogP contribution in [0.4, 0.5) is 17.6 Å². The summed E-state index contributed by atoms with van der Waals surface area (Å²) in [5.41, 5.74) is -0.797. The van der Waals surface area contributed by atoms with Crippen molar-refractivity contribution in [3.05, 3.63) is 0 Å². The molecule has 7 nitrogen and oxygen atoms in total. The van der Waals surface area contributed by atoms with Gasteiger partial charge < -0.3 is 25.0 Å². The minimum atomic E-state index is -5.21. The fourth-order valence-electron chi connectivity index (χ4n) is 2.38. The molecular weight excluding hydrogens is 360 g/mol. The summed E-state index contributed by atoms with van der Waals surface area (Å²) in [5.74, 6) is -2.43. The van der Waals surface area contributed by atoms with Crippen molar-refractivity contribution in [2.24, 2.45) is 4.99 Å². The zero-order valence-electron chi connectivity index (χ0n) is 12.2. The summed E-state index contributed by atoms with van der Waals surface area (Å²) in [6.07, 6.45) is -9.41. The first kappa shape index (κ1) is 19.2. The van der Waals surface area contributed by atoms with Crippen LogP contribution in [0.15, 0.2) is 4.99 Å². The van der Waals surface area contributed by atoms with Gasteiger partial charge in [0.05, 0.1) is 12.6 Å². The zero-order valence-corrected chi connectivity index (χ0v) is 13.0. The normalized spacial score (nSPS) is 34.8. The Kier molecular flexibility index (Phi) is 6.28. The molecule has 2 aliphatic heterocycles. The first-order valence-electron chi connectivity index (χ1n) is 7.03. The first-order chi connectivity index (χ1) is 11.3. The summed E-state index contributed by atoms with van der Waals surface area (Å²) in [7, 11) is 0. The number of halogens is 4. The Bertz CT molecular complexity index is 493. The number of thioether (sulfide) groups is 1. The van der Waals surface area contributed by atoms with Crippen LogP contribution in [0.2, 0.25) is 0 Å². The number of aliphatic imine (C=N–C) groups is 1. The van der Waals surface area contributed by atoms with E-state index in [0.29, 0.717) is 0 Å². The van der Waals surface area contributed by atoms with E-state index >= 15 is 0 Å². The molecule has 5 atom stereocenters. The maximum atomic E-state index is 12.4. The highest BCUT2D eigenvalue weighted by Crippen LogP contribution is 2.36. The molecular formula is C12H16F4N2O5S. The highest BCUT2D eigenvalue weighted by molar-refractivity contribution is 8.14. The van der Waals surface area contributed by atoms with E-state index in [-0.39, 0.29) is 24.7 Å². The van der Waals surface area contributed by atoms with Gasteiger partial charge in [0.25, 0.3) is 0 Å². The van der Waals surface area contributed by atoms with Crippen molar-refractivity contribution in [3.63, 3.8) is 0 Å². The van der Waals surface area contributed by atoms with Gasteiger partial charge in [0.1, 0.15) is 24.3 Å². The van der Waals surface area contributed by atoms with Gasteiger partial charge in [0, 0.05) is 6.61 Å². The molecule has 0 radical (unpaired) electrons. The second-order valence-corrected chi connectivity index (χ2v) is 6.16. The zero-order chi connectivity index (χ0) is 17.9. The molecule has 2 rings (SSSR count). The maximum Gasteiger partial charge on any atom is 0.490 e. The van der Waals surface area contributed by atoms with Crippen molar-refractivity contribution >= 4 is 22.9 Å². The number of nitrogens with one attached hydrogen (secondary N) is 1. The molecule has 0 saturated carbocycles. The van der Waals surface area contributed by atoms with E-state index in [4.69, 9.17) is 9.84 Å². The molecule has 0 aromatic carbocycles. The standard InChI is InChI=1S/C12H16F4N2O5S/c13-2-3-17-11-18-6-8(23-10(21)12(14,15)16)7(20)5(1-4-19)22-9(6)24-11/h5-9,19-20H,1-4H2,(H,17,18)/t5-,6-,7-,8-,9-/m1/s1. The van der Waals surface area contributed by atoms with Gasteiger partial charge in [0.2, 0.25) is 0 Å². The Morgan fingerprint density at radius 3 is 2.75 bits per heavy atom. The van der Waals surface area contributed by atoms with Crippen molar-refractivity contribution in [1.82, 2.24) is 5.32 Å². The monoisotopic (exact) mass is 376 g/mol. The summed E-state index contributed by atoms with van der Waals surface area (Å²) in [4.78, 5) is 15.0. The summed E-state index contributed by atoms with van der Waals surface area (Å²) >= 11 is 0.989. The number of esters is 1. The van der Waals surface area contributed by atoms with E-state index in [1.54, 1.807) is 0 Å². The average Bonchev–Trinajstić information content (AvgIpc) is 2.91. The minimum absolute atomic E-state index is 0.0536. The number of fused-ring (bicyclic) bond motifs is 1. The van der Waals surface area contributed by atoms with Crippen LogP contribution in [-0.2, 0) is 14.3 Å². The lowest BCUT2D eigenvalue weighted by Crippen LogP contribution is -2.61. The number of hydrogen-bond donors (Lipinski definition) is 3. The van der Waals surface area contributed by atoms with Crippen molar-refractivity contribution in [2.75, 3.05) is 19.8 Å². The van der Waals surface area contributed by atoms with Crippen LogP contribution in [0.1, 0.15) is 6.42 Å². The van der Waals surface area contributed by atoms with Crippen LogP contribution in [0.3, 0.4) is 0 Å². The van der Waals surface area contributed by atoms with E-state index in [1.165, 1.54) is 0 Å². The Balaban J connectivity index is 2.18. The predicted molar refractivity (Wildman–Crippen MR) is 75.1 cm³/mol. The molecule has 138 valence electrons. The van der Waals surface area contributed by atoms with E-state index in [2.05, 4.69) is 15.0 Å². The van der Waals surface area contributed by atoms with E-state index < -0.39 is 48.6 Å². The van der Waals surface area contributed by atoms with Crippen LogP contribution >= 0.6 is 11.8 Å². The molecule has 0 aromatic heterocycles. The lowest BCUT2D eigenvalue weighted by atomic mass is 9.96. The average molecular weight is 376 g/mol. The molecule has 2 heterocycles. The predicted octanol–water partition coefficient (Wildman–Crippen LogP) is -0.0408. The second-order valence-electron chi connectivity index (χ2n) is 5.08. The Morgan fingerprint density at radius 1 is 1.46 bits per heavy atom. The fraction of sp³-hybridized carbons (Fsp3) is 0.833. The summed E-state index contributed by atoms with van der Waals surface area (Å²) in [6.45, 7) is -1.24. The van der Waals surface area contributed by atoms with Gasteiger partial charge in [-0.1, -0.05) is 11.8 Å². The number of alkyl halides is 4. The van der Waals surface area contributed by atoms with E-state index in [1.807, 2.05) is 0 Å². The molecule has 2 saturated heterocycles. The molecule has 3 N–H and O–H groups in total. The molecule has 0 amide bonds. The SMILES string of the molecule is O=C(O[C@H]1[C@H](O)[C@@H](CCO)O[C@@H]2SC(=NCCF)N[C@H]12)C(F)(F)F. The van der Waals surface area contributed by atoms with Crippen molar-refractivity contribution in [3.8, 4) is 0 Å². The van der Waals surface area contributed by atoms with Crippen molar-refractivity contribution < 1.29 is 42.0 Å². The van der Waals surface area contributed by atoms with Gasteiger partial charge in [-0.05, 0) is 6.42 Å². The Hall–Kier alpha value is -1.11. The van der Waals surface area contributed by atoms with Crippen molar-refractivity contribution in [1.29, 1.82) is 0 Å². The Labute approximate surface area is 138 Å². The highest BCUT2D eigenvalue weighted by atomic mass is 32.2. The van der Waals surface area contributed by atoms with E-state index in [0.717, 1.165) is 11.8 Å². The lowest BCUT2D eigenvalue weighted by Gasteiger charge is -2.40. The van der Waals surface area contributed by atoms with Crippen LogP contribution in [0.5, 0.6) is 0 Å². The highest BCUT2D eigenvalue weighted by Gasteiger charge is 2.53. The topological polar surface area (TPSA) is 100 Å². The van der Waals surface area contributed by atoms with Gasteiger partial charge in [-0.15, -0.1) is 0 Å². The molecule has 0 aromatic rings. The van der Waals surface area contributed by atoms with E-state index in [9.17, 15) is 27.5 Å². The molecule has 12 heteroatoms. The molecule has 0 unspecified atom stereocenters. The van der Waals surface area contributed by atoms with Gasteiger partial charge >= 0.3 is 12.1 Å². The molecule has 2 aliphatic rings. The molecule has 24 heavy (non-hydrogen) atoms. The number of rotatable bonds is 5.